The molecule has 0 bridgehead atoms. The van der Waals surface area contributed by atoms with Gasteiger partial charge in [0.1, 0.15) is 6.61 Å². The van der Waals surface area contributed by atoms with Crippen molar-refractivity contribution in [2.45, 2.75) is 43.9 Å². The third-order valence-electron chi connectivity index (χ3n) is 7.96. The summed E-state index contributed by atoms with van der Waals surface area (Å²) in [7, 11) is 0. The molecule has 1 saturated heterocycles. The van der Waals surface area contributed by atoms with Gasteiger partial charge in [0.25, 0.3) is 5.92 Å². The smallest absolute Gasteiger partial charge is 0.283 e. The molecule has 2 aliphatic heterocycles. The molecule has 1 unspecified atom stereocenters. The van der Waals surface area contributed by atoms with Gasteiger partial charge in [0.15, 0.2) is 11.6 Å². The number of nitrogens with zero attached hydrogens (tertiary/aromatic N) is 2. The van der Waals surface area contributed by atoms with Crippen LogP contribution < -0.4 is 0 Å². The second-order valence-electron chi connectivity index (χ2n) is 10.6. The van der Waals surface area contributed by atoms with E-state index in [1.54, 1.807) is 6.92 Å². The van der Waals surface area contributed by atoms with Gasteiger partial charge in [-0.25, -0.2) is 17.6 Å². The van der Waals surface area contributed by atoms with Crippen molar-refractivity contribution in [2.24, 2.45) is 5.92 Å². The van der Waals surface area contributed by atoms with Gasteiger partial charge in [0, 0.05) is 59.3 Å². The number of alkyl halides is 3. The monoisotopic (exact) mass is 537 g/mol. The van der Waals surface area contributed by atoms with Gasteiger partial charge in [-0.05, 0) is 31.4 Å². The number of nitrogens with one attached hydrogen (secondary N) is 1. The lowest BCUT2D eigenvalue weighted by molar-refractivity contribution is -0.0867. The van der Waals surface area contributed by atoms with Crippen LogP contribution in [0.5, 0.6) is 0 Å². The fraction of sp³-hybridized carbons (Fsp3) is 0.500. The van der Waals surface area contributed by atoms with Gasteiger partial charge in [-0.15, -0.1) is 0 Å². The highest BCUT2D eigenvalue weighted by Gasteiger charge is 2.43. The predicted molar refractivity (Wildman–Crippen MR) is 134 cm³/mol. The summed E-state index contributed by atoms with van der Waals surface area (Å²) in [5, 5.41) is 20.9. The largest absolute Gasteiger partial charge is 0.390 e. The van der Waals surface area contributed by atoms with Crippen LogP contribution in [0.4, 0.5) is 22.0 Å². The molecule has 0 radical (unpaired) electrons. The van der Waals surface area contributed by atoms with Crippen molar-refractivity contribution >= 4 is 10.9 Å². The van der Waals surface area contributed by atoms with Crippen molar-refractivity contribution in [3.05, 3.63) is 70.4 Å². The minimum Gasteiger partial charge on any atom is -0.390 e. The van der Waals surface area contributed by atoms with E-state index in [1.807, 2.05) is 29.2 Å². The summed E-state index contributed by atoms with van der Waals surface area (Å²) in [5.41, 5.74) is 1.82. The molecule has 38 heavy (non-hydrogen) atoms. The molecule has 2 aliphatic rings. The predicted octanol–water partition coefficient (Wildman–Crippen LogP) is 4.73. The van der Waals surface area contributed by atoms with Crippen LogP contribution in [0.1, 0.15) is 47.9 Å². The maximum Gasteiger partial charge on any atom is 0.283 e. The number of aromatic amines is 1. The average Bonchev–Trinajstić information content (AvgIpc) is 3.23. The summed E-state index contributed by atoms with van der Waals surface area (Å²) in [6.07, 6.45) is -0.454. The van der Waals surface area contributed by atoms with E-state index in [4.69, 9.17) is 0 Å². The van der Waals surface area contributed by atoms with E-state index < -0.39 is 55.6 Å². The van der Waals surface area contributed by atoms with Gasteiger partial charge in [-0.1, -0.05) is 30.3 Å². The number of halogens is 5. The lowest BCUT2D eigenvalue weighted by Crippen LogP contribution is -2.50. The Hall–Kier alpha value is -2.53. The van der Waals surface area contributed by atoms with Crippen LogP contribution in [0.25, 0.3) is 10.9 Å². The van der Waals surface area contributed by atoms with E-state index >= 15 is 8.78 Å². The summed E-state index contributed by atoms with van der Waals surface area (Å²) in [5.74, 6) is -6.17. The van der Waals surface area contributed by atoms with E-state index in [9.17, 15) is 23.4 Å². The number of rotatable bonds is 9. The normalized spacial score (nSPS) is 22.0. The van der Waals surface area contributed by atoms with Crippen LogP contribution in [-0.2, 0) is 6.42 Å². The van der Waals surface area contributed by atoms with Gasteiger partial charge < -0.3 is 20.1 Å². The van der Waals surface area contributed by atoms with Crippen molar-refractivity contribution in [2.75, 3.05) is 39.5 Å². The maximum atomic E-state index is 15.8. The van der Waals surface area contributed by atoms with Crippen LogP contribution in [0.2, 0.25) is 0 Å². The average molecular weight is 538 g/mol. The van der Waals surface area contributed by atoms with Crippen molar-refractivity contribution in [3.8, 4) is 0 Å². The van der Waals surface area contributed by atoms with Crippen molar-refractivity contribution < 1.29 is 32.2 Å². The Labute approximate surface area is 217 Å². The molecule has 0 saturated carbocycles. The Balaban J connectivity index is 1.52. The first kappa shape index (κ1) is 27.1. The zero-order valence-electron chi connectivity index (χ0n) is 21.1. The molecule has 5 rings (SSSR count). The second kappa shape index (κ2) is 10.6. The lowest BCUT2D eigenvalue weighted by Gasteiger charge is -2.43. The van der Waals surface area contributed by atoms with E-state index in [2.05, 4.69) is 4.98 Å². The molecule has 1 aromatic heterocycles. The number of aromatic nitrogens is 1. The zero-order chi connectivity index (χ0) is 27.2. The molecule has 3 aromatic rings. The van der Waals surface area contributed by atoms with Gasteiger partial charge >= 0.3 is 0 Å². The SMILES string of the molecule is C[C@@H]1Cc2c([nH]c3ccccc23)C(c2ccc([C@@H](O)C3CN(CCCF)C3)c(F)c2F)N1CC(F)(F)CO. The number of aliphatic hydroxyl groups is 2. The van der Waals surface area contributed by atoms with Gasteiger partial charge in [0.05, 0.1) is 25.4 Å². The summed E-state index contributed by atoms with van der Waals surface area (Å²) >= 11 is 0. The standard InChI is InChI=1S/C28H32F5N3O2/c1-16-11-21-18-5-2-3-6-22(18)34-25(21)26(36(16)14-28(32,33)15-37)19-7-8-20(24(31)23(19)30)27(38)17-12-35(13-17)10-4-9-29/h2-3,5-8,16-17,26-27,34,37-38H,4,9-15H2,1H3/t16-,26?,27+/m1/s1. The molecule has 1 fully saturated rings. The quantitative estimate of drug-likeness (QED) is 0.346. The molecular weight excluding hydrogens is 505 g/mol. The zero-order valence-corrected chi connectivity index (χ0v) is 21.1. The molecule has 3 N–H and O–H groups in total. The first-order chi connectivity index (χ1) is 18.1. The van der Waals surface area contributed by atoms with Crippen molar-refractivity contribution in [1.82, 2.24) is 14.8 Å². The molecule has 5 nitrogen and oxygen atoms in total. The van der Waals surface area contributed by atoms with Gasteiger partial charge in [0.2, 0.25) is 0 Å². The van der Waals surface area contributed by atoms with Crippen LogP contribution in [0, 0.1) is 17.6 Å². The number of aliphatic hydroxyl groups excluding tert-OH is 2. The number of para-hydroxylation sites is 1. The lowest BCUT2D eigenvalue weighted by atomic mass is 9.85. The molecule has 2 aromatic carbocycles. The molecule has 206 valence electrons. The van der Waals surface area contributed by atoms with E-state index in [0.717, 1.165) is 16.5 Å². The van der Waals surface area contributed by atoms with E-state index in [0.29, 0.717) is 38.2 Å². The molecule has 0 amide bonds. The second-order valence-corrected chi connectivity index (χ2v) is 10.6. The number of H-pyrrole nitrogens is 1. The number of fused-ring (bicyclic) bond motifs is 3. The number of hydrogen-bond donors (Lipinski definition) is 3. The third-order valence-corrected chi connectivity index (χ3v) is 7.96. The molecule has 0 aliphatic carbocycles. The van der Waals surface area contributed by atoms with Crippen LogP contribution in [-0.4, -0.2) is 76.4 Å². The van der Waals surface area contributed by atoms with E-state index in [-0.39, 0.29) is 17.0 Å². The Kier molecular flexibility index (Phi) is 7.52. The maximum absolute atomic E-state index is 15.8. The fourth-order valence-electron chi connectivity index (χ4n) is 5.95. The summed E-state index contributed by atoms with van der Waals surface area (Å²) < 4.78 is 72.6. The highest BCUT2D eigenvalue weighted by molar-refractivity contribution is 5.85. The summed E-state index contributed by atoms with van der Waals surface area (Å²) in [6, 6.07) is 8.60. The van der Waals surface area contributed by atoms with Gasteiger partial charge in [-0.3, -0.25) is 9.29 Å². The first-order valence-corrected chi connectivity index (χ1v) is 12.9. The Morgan fingerprint density at radius 3 is 2.55 bits per heavy atom. The van der Waals surface area contributed by atoms with E-state index in [1.165, 1.54) is 17.0 Å². The van der Waals surface area contributed by atoms with Crippen LogP contribution in [0.15, 0.2) is 36.4 Å². The molecule has 3 heterocycles. The molecule has 0 spiro atoms. The fourth-order valence-corrected chi connectivity index (χ4v) is 5.95. The number of benzene rings is 2. The minimum atomic E-state index is -3.45. The van der Waals surface area contributed by atoms with Gasteiger partial charge in [-0.2, -0.15) is 0 Å². The molecule has 10 heteroatoms. The highest BCUT2D eigenvalue weighted by Crippen LogP contribution is 2.44. The topological polar surface area (TPSA) is 62.7 Å². The third kappa shape index (κ3) is 4.83. The van der Waals surface area contributed by atoms with Crippen molar-refractivity contribution in [1.29, 1.82) is 0 Å². The Morgan fingerprint density at radius 1 is 1.11 bits per heavy atom. The number of hydrogen-bond acceptors (Lipinski definition) is 4. The summed E-state index contributed by atoms with van der Waals surface area (Å²) in [6.45, 7) is 0.545. The van der Waals surface area contributed by atoms with Crippen LogP contribution in [0.3, 0.4) is 0 Å². The Bertz CT molecular complexity index is 1290. The minimum absolute atomic E-state index is 0.121. The first-order valence-electron chi connectivity index (χ1n) is 12.9. The van der Waals surface area contributed by atoms with Crippen molar-refractivity contribution in [3.63, 3.8) is 0 Å². The number of likely N-dealkylation sites (tertiary alicyclic amines) is 1. The Morgan fingerprint density at radius 2 is 1.84 bits per heavy atom. The molecular formula is C28H32F5N3O2. The van der Waals surface area contributed by atoms with Crippen LogP contribution >= 0.6 is 0 Å². The highest BCUT2D eigenvalue weighted by atomic mass is 19.3. The summed E-state index contributed by atoms with van der Waals surface area (Å²) in [4.78, 5) is 6.58. The molecule has 3 atom stereocenters.